The highest BCUT2D eigenvalue weighted by molar-refractivity contribution is 6.35. The molecular formula is C16H22Cl2N2O. The van der Waals surface area contributed by atoms with Crippen LogP contribution in [-0.4, -0.2) is 22.7 Å². The van der Waals surface area contributed by atoms with Crippen LogP contribution in [0, 0.1) is 11.8 Å². The maximum absolute atomic E-state index is 10.6. The fourth-order valence-corrected chi connectivity index (χ4v) is 4.49. The van der Waals surface area contributed by atoms with Crippen LogP contribution < -0.4 is 5.32 Å². The van der Waals surface area contributed by atoms with E-state index in [1.807, 2.05) is 0 Å². The SMILES string of the molecule is O[C@@H](c1c(Cl)cncc1Cl)C1CC(C2CCCCC2)CN1. The van der Waals surface area contributed by atoms with Gasteiger partial charge >= 0.3 is 0 Å². The van der Waals surface area contributed by atoms with Gasteiger partial charge in [0, 0.05) is 24.0 Å². The summed E-state index contributed by atoms with van der Waals surface area (Å²) < 4.78 is 0. The van der Waals surface area contributed by atoms with Gasteiger partial charge < -0.3 is 10.4 Å². The van der Waals surface area contributed by atoms with Gasteiger partial charge in [0.05, 0.1) is 16.1 Å². The minimum absolute atomic E-state index is 0.0364. The van der Waals surface area contributed by atoms with Gasteiger partial charge in [0.25, 0.3) is 0 Å². The molecule has 1 aliphatic heterocycles. The Hall–Kier alpha value is -0.350. The molecule has 21 heavy (non-hydrogen) atoms. The Balaban J connectivity index is 1.68. The van der Waals surface area contributed by atoms with Crippen LogP contribution in [0.5, 0.6) is 0 Å². The Morgan fingerprint density at radius 2 is 1.76 bits per heavy atom. The quantitative estimate of drug-likeness (QED) is 0.882. The first kappa shape index (κ1) is 15.5. The summed E-state index contributed by atoms with van der Waals surface area (Å²) in [6.45, 7) is 0.993. The zero-order valence-corrected chi connectivity index (χ0v) is 13.6. The lowest BCUT2D eigenvalue weighted by molar-refractivity contribution is 0.133. The van der Waals surface area contributed by atoms with Gasteiger partial charge in [-0.2, -0.15) is 0 Å². The van der Waals surface area contributed by atoms with E-state index in [0.29, 0.717) is 21.5 Å². The lowest BCUT2D eigenvalue weighted by Gasteiger charge is -2.27. The highest BCUT2D eigenvalue weighted by Crippen LogP contribution is 2.39. The van der Waals surface area contributed by atoms with Gasteiger partial charge in [-0.15, -0.1) is 0 Å². The maximum Gasteiger partial charge on any atom is 0.0973 e. The summed E-state index contributed by atoms with van der Waals surface area (Å²) >= 11 is 12.3. The van der Waals surface area contributed by atoms with Gasteiger partial charge in [-0.05, 0) is 24.8 Å². The van der Waals surface area contributed by atoms with Crippen LogP contribution in [0.2, 0.25) is 10.0 Å². The smallest absolute Gasteiger partial charge is 0.0973 e. The molecule has 2 heterocycles. The molecule has 2 aliphatic rings. The van der Waals surface area contributed by atoms with Crippen LogP contribution in [0.4, 0.5) is 0 Å². The van der Waals surface area contributed by atoms with Crippen molar-refractivity contribution in [1.82, 2.24) is 10.3 Å². The van der Waals surface area contributed by atoms with E-state index in [4.69, 9.17) is 23.2 Å². The van der Waals surface area contributed by atoms with Gasteiger partial charge in [0.15, 0.2) is 0 Å². The second-order valence-electron chi connectivity index (χ2n) is 6.37. The Labute approximate surface area is 136 Å². The lowest BCUT2D eigenvalue weighted by atomic mass is 9.78. The first-order chi connectivity index (χ1) is 10.2. The van der Waals surface area contributed by atoms with Crippen molar-refractivity contribution in [3.05, 3.63) is 28.0 Å². The Kier molecular flexibility index (Phi) is 5.05. The number of aromatic nitrogens is 1. The molecule has 0 amide bonds. The average molecular weight is 329 g/mol. The molecule has 1 aromatic heterocycles. The topological polar surface area (TPSA) is 45.2 Å². The van der Waals surface area contributed by atoms with Crippen molar-refractivity contribution in [3.8, 4) is 0 Å². The summed E-state index contributed by atoms with van der Waals surface area (Å²) in [5, 5.41) is 15.0. The van der Waals surface area contributed by atoms with E-state index in [0.717, 1.165) is 18.9 Å². The molecule has 1 aliphatic carbocycles. The molecule has 0 bridgehead atoms. The summed E-state index contributed by atoms with van der Waals surface area (Å²) in [6.07, 6.45) is 10.2. The number of aliphatic hydroxyl groups excluding tert-OH is 1. The van der Waals surface area contributed by atoms with Gasteiger partial charge in [-0.1, -0.05) is 55.3 Å². The van der Waals surface area contributed by atoms with Crippen LogP contribution in [0.1, 0.15) is 50.2 Å². The van der Waals surface area contributed by atoms with E-state index < -0.39 is 6.10 Å². The molecule has 1 aromatic rings. The Morgan fingerprint density at radius 1 is 1.10 bits per heavy atom. The molecule has 116 valence electrons. The van der Waals surface area contributed by atoms with Crippen LogP contribution >= 0.6 is 23.2 Å². The number of pyridine rings is 1. The molecule has 3 atom stereocenters. The third-order valence-electron chi connectivity index (χ3n) is 5.08. The Morgan fingerprint density at radius 3 is 2.43 bits per heavy atom. The third kappa shape index (κ3) is 3.37. The predicted octanol–water partition coefficient (Wildman–Crippen LogP) is 3.98. The zero-order chi connectivity index (χ0) is 14.8. The molecule has 0 radical (unpaired) electrons. The van der Waals surface area contributed by atoms with Crippen molar-refractivity contribution in [3.63, 3.8) is 0 Å². The third-order valence-corrected chi connectivity index (χ3v) is 5.69. The van der Waals surface area contributed by atoms with Crippen LogP contribution in [0.25, 0.3) is 0 Å². The van der Waals surface area contributed by atoms with E-state index in [1.54, 1.807) is 12.4 Å². The monoisotopic (exact) mass is 328 g/mol. The van der Waals surface area contributed by atoms with E-state index in [2.05, 4.69) is 10.3 Å². The second kappa shape index (κ2) is 6.82. The number of hydrogen-bond donors (Lipinski definition) is 2. The first-order valence-electron chi connectivity index (χ1n) is 7.87. The van der Waals surface area contributed by atoms with Crippen LogP contribution in [-0.2, 0) is 0 Å². The largest absolute Gasteiger partial charge is 0.387 e. The number of aliphatic hydroxyl groups is 1. The number of hydrogen-bond acceptors (Lipinski definition) is 3. The van der Waals surface area contributed by atoms with Gasteiger partial charge in [0.1, 0.15) is 0 Å². The summed E-state index contributed by atoms with van der Waals surface area (Å²) in [6, 6.07) is 0.0364. The minimum Gasteiger partial charge on any atom is -0.387 e. The maximum atomic E-state index is 10.6. The molecule has 3 rings (SSSR count). The van der Waals surface area contributed by atoms with Crippen LogP contribution in [0.3, 0.4) is 0 Å². The summed E-state index contributed by atoms with van der Waals surface area (Å²) in [4.78, 5) is 3.95. The summed E-state index contributed by atoms with van der Waals surface area (Å²) in [7, 11) is 0. The molecule has 2 unspecified atom stereocenters. The molecule has 1 saturated carbocycles. The predicted molar refractivity (Wildman–Crippen MR) is 85.7 cm³/mol. The number of rotatable bonds is 3. The highest BCUT2D eigenvalue weighted by atomic mass is 35.5. The Bertz CT molecular complexity index is 471. The number of nitrogens with one attached hydrogen (secondary N) is 1. The first-order valence-corrected chi connectivity index (χ1v) is 8.62. The number of nitrogens with zero attached hydrogens (tertiary/aromatic N) is 1. The van der Waals surface area contributed by atoms with E-state index >= 15 is 0 Å². The molecule has 3 nitrogen and oxygen atoms in total. The van der Waals surface area contributed by atoms with Crippen molar-refractivity contribution in [2.75, 3.05) is 6.54 Å². The fraction of sp³-hybridized carbons (Fsp3) is 0.688. The van der Waals surface area contributed by atoms with E-state index in [9.17, 15) is 5.11 Å². The van der Waals surface area contributed by atoms with Crippen molar-refractivity contribution in [2.45, 2.75) is 50.7 Å². The molecule has 0 aromatic carbocycles. The van der Waals surface area contributed by atoms with E-state index in [-0.39, 0.29) is 6.04 Å². The minimum atomic E-state index is -0.665. The number of halogens is 2. The van der Waals surface area contributed by atoms with Crippen molar-refractivity contribution in [1.29, 1.82) is 0 Å². The molecule has 2 fully saturated rings. The molecular weight excluding hydrogens is 307 g/mol. The van der Waals surface area contributed by atoms with Gasteiger partial charge in [-0.25, -0.2) is 0 Å². The standard InChI is InChI=1S/C16H22Cl2N2O/c17-12-8-19-9-13(18)15(12)16(21)14-6-11(7-20-14)10-4-2-1-3-5-10/h8-11,14,16,20-21H,1-7H2/t11?,14?,16-/m1/s1. The zero-order valence-electron chi connectivity index (χ0n) is 12.1. The normalized spacial score (nSPS) is 28.7. The second-order valence-corrected chi connectivity index (χ2v) is 7.18. The molecule has 1 saturated heterocycles. The molecule has 0 spiro atoms. The van der Waals surface area contributed by atoms with Crippen molar-refractivity contribution < 1.29 is 5.11 Å². The van der Waals surface area contributed by atoms with Crippen molar-refractivity contribution in [2.24, 2.45) is 11.8 Å². The van der Waals surface area contributed by atoms with Crippen molar-refractivity contribution >= 4 is 23.2 Å². The average Bonchev–Trinajstić information content (AvgIpc) is 2.97. The van der Waals surface area contributed by atoms with E-state index in [1.165, 1.54) is 32.1 Å². The molecule has 5 heteroatoms. The molecule has 2 N–H and O–H groups in total. The summed E-state index contributed by atoms with van der Waals surface area (Å²) in [5.41, 5.74) is 0.607. The fourth-order valence-electron chi connectivity index (χ4n) is 3.91. The highest BCUT2D eigenvalue weighted by Gasteiger charge is 2.36. The summed E-state index contributed by atoms with van der Waals surface area (Å²) in [5.74, 6) is 1.48. The lowest BCUT2D eigenvalue weighted by Crippen LogP contribution is -2.29. The van der Waals surface area contributed by atoms with Gasteiger partial charge in [0.2, 0.25) is 0 Å². The van der Waals surface area contributed by atoms with Crippen LogP contribution in [0.15, 0.2) is 12.4 Å². The van der Waals surface area contributed by atoms with Gasteiger partial charge in [-0.3, -0.25) is 4.98 Å².